The van der Waals surface area contributed by atoms with Gasteiger partial charge in [0, 0.05) is 22.8 Å². The van der Waals surface area contributed by atoms with Crippen LogP contribution in [0.1, 0.15) is 19.4 Å². The molecule has 0 radical (unpaired) electrons. The molecular formula is C10H16BrN3. The van der Waals surface area contributed by atoms with Gasteiger partial charge in [-0.3, -0.25) is 0 Å². The fourth-order valence-corrected chi connectivity index (χ4v) is 1.20. The van der Waals surface area contributed by atoms with E-state index in [-0.39, 0.29) is 12.1 Å². The van der Waals surface area contributed by atoms with Crippen molar-refractivity contribution in [3.8, 4) is 0 Å². The van der Waals surface area contributed by atoms with Gasteiger partial charge in [0.2, 0.25) is 0 Å². The Hall–Kier alpha value is -0.610. The van der Waals surface area contributed by atoms with Gasteiger partial charge >= 0.3 is 0 Å². The molecular weight excluding hydrogens is 242 g/mol. The van der Waals surface area contributed by atoms with Crippen LogP contribution in [0.15, 0.2) is 16.7 Å². The van der Waals surface area contributed by atoms with Gasteiger partial charge < -0.3 is 11.1 Å². The molecule has 0 aliphatic heterocycles. The minimum absolute atomic E-state index is 0.112. The molecule has 1 rings (SSSR count). The predicted molar refractivity (Wildman–Crippen MR) is 63.4 cm³/mol. The fraction of sp³-hybridized carbons (Fsp3) is 0.500. The zero-order chi connectivity index (χ0) is 10.7. The van der Waals surface area contributed by atoms with Crippen molar-refractivity contribution in [3.05, 3.63) is 22.3 Å². The van der Waals surface area contributed by atoms with Crippen molar-refractivity contribution in [1.82, 2.24) is 4.98 Å². The smallest absolute Gasteiger partial charge is 0.126 e. The second kappa shape index (κ2) is 4.75. The van der Waals surface area contributed by atoms with E-state index in [2.05, 4.69) is 26.2 Å². The van der Waals surface area contributed by atoms with Gasteiger partial charge in [0.05, 0.1) is 0 Å². The summed E-state index contributed by atoms with van der Waals surface area (Å²) in [5.41, 5.74) is 6.92. The van der Waals surface area contributed by atoms with Crippen molar-refractivity contribution >= 4 is 21.7 Å². The van der Waals surface area contributed by atoms with Crippen LogP contribution in [-0.4, -0.2) is 17.1 Å². The van der Waals surface area contributed by atoms with Gasteiger partial charge in [-0.2, -0.15) is 0 Å². The van der Waals surface area contributed by atoms with Crippen LogP contribution < -0.4 is 11.1 Å². The van der Waals surface area contributed by atoms with Crippen LogP contribution in [0.4, 0.5) is 5.82 Å². The van der Waals surface area contributed by atoms with Crippen molar-refractivity contribution in [3.63, 3.8) is 0 Å². The third kappa shape index (κ3) is 2.96. The lowest BCUT2D eigenvalue weighted by atomic mass is 10.2. The van der Waals surface area contributed by atoms with Gasteiger partial charge in [-0.1, -0.05) is 0 Å². The summed E-state index contributed by atoms with van der Waals surface area (Å²) in [7, 11) is 0. The quantitative estimate of drug-likeness (QED) is 0.874. The van der Waals surface area contributed by atoms with Crippen LogP contribution >= 0.6 is 15.9 Å². The number of hydrogen-bond acceptors (Lipinski definition) is 3. The van der Waals surface area contributed by atoms with Gasteiger partial charge in [-0.15, -0.1) is 0 Å². The number of hydrogen-bond donors (Lipinski definition) is 2. The van der Waals surface area contributed by atoms with Crippen molar-refractivity contribution in [2.75, 3.05) is 5.32 Å². The number of halogens is 1. The standard InChI is InChI=1S/C10H16BrN3/c1-6-4-10(13-5-9(6)11)14-8(3)7(2)12/h4-5,7-8H,12H2,1-3H3,(H,13,14). The zero-order valence-electron chi connectivity index (χ0n) is 8.71. The van der Waals surface area contributed by atoms with Crippen molar-refractivity contribution in [1.29, 1.82) is 0 Å². The molecule has 2 atom stereocenters. The average molecular weight is 258 g/mol. The molecule has 78 valence electrons. The number of nitrogens with one attached hydrogen (secondary N) is 1. The normalized spacial score (nSPS) is 14.9. The van der Waals surface area contributed by atoms with Crippen molar-refractivity contribution in [2.24, 2.45) is 5.73 Å². The van der Waals surface area contributed by atoms with Gasteiger partial charge in [0.25, 0.3) is 0 Å². The molecule has 1 heterocycles. The predicted octanol–water partition coefficient (Wildman–Crippen LogP) is 2.30. The second-order valence-electron chi connectivity index (χ2n) is 3.61. The Bertz CT molecular complexity index is 312. The van der Waals surface area contributed by atoms with Gasteiger partial charge in [-0.25, -0.2) is 4.98 Å². The number of aryl methyl sites for hydroxylation is 1. The van der Waals surface area contributed by atoms with E-state index in [1.807, 2.05) is 26.8 Å². The molecule has 0 bridgehead atoms. The molecule has 4 heteroatoms. The van der Waals surface area contributed by atoms with Crippen LogP contribution in [-0.2, 0) is 0 Å². The highest BCUT2D eigenvalue weighted by atomic mass is 79.9. The molecule has 0 saturated carbocycles. The third-order valence-corrected chi connectivity index (χ3v) is 3.04. The summed E-state index contributed by atoms with van der Waals surface area (Å²) in [6.07, 6.45) is 1.80. The number of nitrogens with two attached hydrogens (primary N) is 1. The minimum Gasteiger partial charge on any atom is -0.366 e. The molecule has 3 N–H and O–H groups in total. The lowest BCUT2D eigenvalue weighted by molar-refractivity contribution is 0.636. The Morgan fingerprint density at radius 1 is 1.50 bits per heavy atom. The highest BCUT2D eigenvalue weighted by Crippen LogP contribution is 2.17. The first-order valence-corrected chi connectivity index (χ1v) is 5.44. The zero-order valence-corrected chi connectivity index (χ0v) is 10.3. The van der Waals surface area contributed by atoms with Gasteiger partial charge in [0.15, 0.2) is 0 Å². The summed E-state index contributed by atoms with van der Waals surface area (Å²) < 4.78 is 1.02. The molecule has 0 aliphatic carbocycles. The van der Waals surface area contributed by atoms with Crippen LogP contribution in [0, 0.1) is 6.92 Å². The summed E-state index contributed by atoms with van der Waals surface area (Å²) in [5, 5.41) is 3.25. The Morgan fingerprint density at radius 3 is 2.64 bits per heavy atom. The molecule has 3 nitrogen and oxygen atoms in total. The maximum absolute atomic E-state index is 5.75. The number of rotatable bonds is 3. The van der Waals surface area contributed by atoms with Crippen LogP contribution in [0.25, 0.3) is 0 Å². The Balaban J connectivity index is 2.73. The van der Waals surface area contributed by atoms with E-state index in [0.717, 1.165) is 10.3 Å². The highest BCUT2D eigenvalue weighted by molar-refractivity contribution is 9.10. The van der Waals surface area contributed by atoms with Crippen LogP contribution in [0.5, 0.6) is 0 Å². The number of nitrogens with zero attached hydrogens (tertiary/aromatic N) is 1. The molecule has 0 fully saturated rings. The lowest BCUT2D eigenvalue weighted by Crippen LogP contribution is -2.35. The minimum atomic E-state index is 0.112. The molecule has 14 heavy (non-hydrogen) atoms. The maximum atomic E-state index is 5.75. The Labute approximate surface area is 93.2 Å². The molecule has 0 aromatic carbocycles. The Morgan fingerprint density at radius 2 is 2.14 bits per heavy atom. The van der Waals surface area contributed by atoms with Gasteiger partial charge in [-0.05, 0) is 48.3 Å². The van der Waals surface area contributed by atoms with E-state index in [1.165, 1.54) is 5.56 Å². The molecule has 1 aromatic heterocycles. The van der Waals surface area contributed by atoms with E-state index in [9.17, 15) is 0 Å². The molecule has 0 saturated heterocycles. The third-order valence-electron chi connectivity index (χ3n) is 2.21. The summed E-state index contributed by atoms with van der Waals surface area (Å²) in [6.45, 7) is 6.06. The highest BCUT2D eigenvalue weighted by Gasteiger charge is 2.07. The Kier molecular flexibility index (Phi) is 3.89. The monoisotopic (exact) mass is 257 g/mol. The first-order valence-electron chi connectivity index (χ1n) is 4.65. The summed E-state index contributed by atoms with van der Waals surface area (Å²) in [6, 6.07) is 2.34. The van der Waals surface area contributed by atoms with E-state index in [4.69, 9.17) is 5.73 Å². The fourth-order valence-electron chi connectivity index (χ4n) is 0.983. The number of anilines is 1. The average Bonchev–Trinajstić information content (AvgIpc) is 2.11. The molecule has 0 spiro atoms. The number of pyridine rings is 1. The summed E-state index contributed by atoms with van der Waals surface area (Å²) in [5.74, 6) is 0.871. The van der Waals surface area contributed by atoms with E-state index in [1.54, 1.807) is 6.20 Å². The van der Waals surface area contributed by atoms with E-state index in [0.29, 0.717) is 0 Å². The second-order valence-corrected chi connectivity index (χ2v) is 4.47. The van der Waals surface area contributed by atoms with Gasteiger partial charge in [0.1, 0.15) is 5.82 Å². The lowest BCUT2D eigenvalue weighted by Gasteiger charge is -2.18. The SMILES string of the molecule is Cc1cc(NC(C)C(C)N)ncc1Br. The molecule has 2 unspecified atom stereocenters. The number of aromatic nitrogens is 1. The maximum Gasteiger partial charge on any atom is 0.126 e. The van der Waals surface area contributed by atoms with Crippen molar-refractivity contribution < 1.29 is 0 Å². The summed E-state index contributed by atoms with van der Waals surface area (Å²) >= 11 is 3.41. The van der Waals surface area contributed by atoms with Crippen LogP contribution in [0.3, 0.4) is 0 Å². The van der Waals surface area contributed by atoms with Crippen LogP contribution in [0.2, 0.25) is 0 Å². The largest absolute Gasteiger partial charge is 0.366 e. The summed E-state index contributed by atoms with van der Waals surface area (Å²) in [4.78, 5) is 4.25. The first-order chi connectivity index (χ1) is 6.50. The van der Waals surface area contributed by atoms with Crippen molar-refractivity contribution in [2.45, 2.75) is 32.9 Å². The van der Waals surface area contributed by atoms with E-state index >= 15 is 0 Å². The first kappa shape index (κ1) is 11.5. The topological polar surface area (TPSA) is 50.9 Å². The molecule has 1 aromatic rings. The van der Waals surface area contributed by atoms with E-state index < -0.39 is 0 Å². The molecule has 0 amide bonds. The molecule has 0 aliphatic rings.